The highest BCUT2D eigenvalue weighted by Gasteiger charge is 2.24. The van der Waals surface area contributed by atoms with Crippen LogP contribution in [0.3, 0.4) is 0 Å². The molecular formula is C38H36N2O4S6. The number of nitrogens with zero attached hydrogens (tertiary/aromatic N) is 2. The fourth-order valence-electron chi connectivity index (χ4n) is 5.96. The quantitative estimate of drug-likeness (QED) is 0.0755. The Morgan fingerprint density at radius 1 is 0.540 bits per heavy atom. The minimum atomic E-state index is 0.617. The highest BCUT2D eigenvalue weighted by Crippen LogP contribution is 2.51. The van der Waals surface area contributed by atoms with E-state index in [0.717, 1.165) is 84.4 Å². The molecule has 258 valence electrons. The second kappa shape index (κ2) is 16.6. The molecule has 2 aliphatic rings. The lowest BCUT2D eigenvalue weighted by Gasteiger charge is -2.16. The largest absolute Gasteiger partial charge is 0.485 e. The van der Waals surface area contributed by atoms with Crippen molar-refractivity contribution in [2.75, 3.05) is 37.9 Å². The van der Waals surface area contributed by atoms with Crippen LogP contribution in [-0.2, 0) is 12.8 Å². The van der Waals surface area contributed by atoms with E-state index in [0.29, 0.717) is 26.4 Å². The predicted octanol–water partition coefficient (Wildman–Crippen LogP) is 11.5. The maximum atomic E-state index is 5.94. The van der Waals surface area contributed by atoms with Crippen LogP contribution in [0.2, 0.25) is 0 Å². The van der Waals surface area contributed by atoms with Crippen molar-refractivity contribution in [2.45, 2.75) is 48.3 Å². The van der Waals surface area contributed by atoms with Crippen molar-refractivity contribution in [1.29, 1.82) is 0 Å². The molecule has 0 aromatic carbocycles. The Morgan fingerprint density at radius 2 is 1.02 bits per heavy atom. The van der Waals surface area contributed by atoms with Gasteiger partial charge in [-0.15, -0.1) is 68.9 Å². The summed E-state index contributed by atoms with van der Waals surface area (Å²) >= 11 is 10.9. The Labute approximate surface area is 317 Å². The number of rotatable bonds is 15. The van der Waals surface area contributed by atoms with E-state index < -0.39 is 0 Å². The van der Waals surface area contributed by atoms with E-state index in [1.165, 1.54) is 40.4 Å². The first-order valence-electron chi connectivity index (χ1n) is 16.9. The molecule has 0 bridgehead atoms. The van der Waals surface area contributed by atoms with Crippen molar-refractivity contribution >= 4 is 68.9 Å². The van der Waals surface area contributed by atoms with Crippen LogP contribution >= 0.6 is 68.9 Å². The number of unbranched alkanes of at least 4 members (excludes halogenated alkanes) is 2. The Balaban J connectivity index is 0.789. The van der Waals surface area contributed by atoms with Crippen molar-refractivity contribution < 1.29 is 18.9 Å². The van der Waals surface area contributed by atoms with Gasteiger partial charge in [0.25, 0.3) is 0 Å². The van der Waals surface area contributed by atoms with Gasteiger partial charge in [0.1, 0.15) is 26.4 Å². The van der Waals surface area contributed by atoms with Crippen molar-refractivity contribution in [3.63, 3.8) is 0 Å². The molecule has 0 atom stereocenters. The zero-order valence-corrected chi connectivity index (χ0v) is 32.3. The van der Waals surface area contributed by atoms with E-state index in [1.807, 2.05) is 35.9 Å². The lowest BCUT2D eigenvalue weighted by atomic mass is 10.1. The van der Waals surface area contributed by atoms with Gasteiger partial charge in [-0.2, -0.15) is 0 Å². The highest BCUT2D eigenvalue weighted by molar-refractivity contribution is 7.99. The van der Waals surface area contributed by atoms with Gasteiger partial charge >= 0.3 is 0 Å². The molecule has 0 radical (unpaired) electrons. The molecule has 8 heterocycles. The van der Waals surface area contributed by atoms with Gasteiger partial charge in [-0.1, -0.05) is 0 Å². The lowest BCUT2D eigenvalue weighted by Crippen LogP contribution is -2.14. The number of aromatic nitrogens is 2. The summed E-state index contributed by atoms with van der Waals surface area (Å²) < 4.78 is 23.4. The number of thiophene rings is 4. The third-order valence-corrected chi connectivity index (χ3v) is 15.0. The molecule has 0 saturated carbocycles. The molecule has 8 rings (SSSR count). The summed E-state index contributed by atoms with van der Waals surface area (Å²) in [7, 11) is 0. The molecule has 0 saturated heterocycles. The van der Waals surface area contributed by atoms with Gasteiger partial charge in [0, 0.05) is 32.9 Å². The van der Waals surface area contributed by atoms with E-state index >= 15 is 0 Å². The van der Waals surface area contributed by atoms with Gasteiger partial charge in [-0.3, -0.25) is 9.97 Å². The van der Waals surface area contributed by atoms with Crippen LogP contribution in [0.25, 0.3) is 30.9 Å². The fourth-order valence-corrected chi connectivity index (χ4v) is 12.6. The molecule has 0 amide bonds. The molecule has 0 fully saturated rings. The first-order valence-corrected chi connectivity index (χ1v) is 22.3. The summed E-state index contributed by atoms with van der Waals surface area (Å²) in [4.78, 5) is 17.0. The van der Waals surface area contributed by atoms with Gasteiger partial charge in [-0.25, -0.2) is 0 Å². The second-order valence-electron chi connectivity index (χ2n) is 11.8. The maximum absolute atomic E-state index is 5.94. The van der Waals surface area contributed by atoms with E-state index in [9.17, 15) is 0 Å². The van der Waals surface area contributed by atoms with Crippen molar-refractivity contribution in [2.24, 2.45) is 0 Å². The molecule has 12 heteroatoms. The molecule has 0 aliphatic carbocycles. The number of ether oxygens (including phenoxy) is 4. The summed E-state index contributed by atoms with van der Waals surface area (Å²) in [5.74, 6) is 5.77. The van der Waals surface area contributed by atoms with Crippen LogP contribution in [0, 0.1) is 0 Å². The molecule has 6 nitrogen and oxygen atoms in total. The molecule has 0 spiro atoms. The lowest BCUT2D eigenvalue weighted by molar-refractivity contribution is 0.174. The summed E-state index contributed by atoms with van der Waals surface area (Å²) in [6.45, 7) is 2.49. The van der Waals surface area contributed by atoms with Crippen LogP contribution in [0.4, 0.5) is 0 Å². The number of hydrogen-bond donors (Lipinski definition) is 0. The first kappa shape index (κ1) is 34.1. The zero-order valence-electron chi connectivity index (χ0n) is 27.4. The van der Waals surface area contributed by atoms with Gasteiger partial charge < -0.3 is 18.9 Å². The monoisotopic (exact) mass is 776 g/mol. The third kappa shape index (κ3) is 7.90. The standard InChI is InChI=1S/C38H36N2O4S6/c1(3-17-45-31-9-19-47-35(31)37-33-29(23-49-37)41-13-15-43-33)5-25-7-11-39-27(21-25)28-22-26(8-12-40-28)6-2-4-18-46-32-10-20-48-36(32)38-34-30(24-50-38)42-14-16-44-34/h7-12,19-24H,1-6,13-18H2. The molecule has 0 unspecified atom stereocenters. The van der Waals surface area contributed by atoms with Crippen LogP contribution in [0.1, 0.15) is 36.8 Å². The molecule has 2 aliphatic heterocycles. The normalized spacial score (nSPS) is 13.5. The van der Waals surface area contributed by atoms with E-state index in [2.05, 4.69) is 67.9 Å². The van der Waals surface area contributed by atoms with Gasteiger partial charge in [0.15, 0.2) is 23.0 Å². The predicted molar refractivity (Wildman–Crippen MR) is 212 cm³/mol. The average molecular weight is 777 g/mol. The highest BCUT2D eigenvalue weighted by atomic mass is 32.2. The second-order valence-corrected chi connectivity index (χ2v) is 17.7. The number of fused-ring (bicyclic) bond motifs is 2. The van der Waals surface area contributed by atoms with Crippen molar-refractivity contribution in [3.8, 4) is 53.9 Å². The van der Waals surface area contributed by atoms with Crippen LogP contribution in [-0.4, -0.2) is 47.9 Å². The summed E-state index contributed by atoms with van der Waals surface area (Å²) in [5.41, 5.74) is 4.55. The van der Waals surface area contributed by atoms with Crippen LogP contribution in [0.5, 0.6) is 23.0 Å². The van der Waals surface area contributed by atoms with Crippen LogP contribution < -0.4 is 18.9 Å². The minimum absolute atomic E-state index is 0.617. The minimum Gasteiger partial charge on any atom is -0.485 e. The topological polar surface area (TPSA) is 62.7 Å². The molecule has 0 N–H and O–H groups in total. The van der Waals surface area contributed by atoms with E-state index in [-0.39, 0.29) is 0 Å². The van der Waals surface area contributed by atoms with Crippen molar-refractivity contribution in [3.05, 3.63) is 81.4 Å². The van der Waals surface area contributed by atoms with E-state index in [1.54, 1.807) is 45.3 Å². The molecule has 50 heavy (non-hydrogen) atoms. The van der Waals surface area contributed by atoms with Gasteiger partial charge in [0.05, 0.1) is 30.9 Å². The number of hydrogen-bond acceptors (Lipinski definition) is 12. The summed E-state index contributed by atoms with van der Waals surface area (Å²) in [6, 6.07) is 13.2. The molecule has 6 aromatic heterocycles. The fraction of sp³-hybridized carbons (Fsp3) is 0.316. The Morgan fingerprint density at radius 3 is 1.52 bits per heavy atom. The molecule has 6 aromatic rings. The Bertz CT molecular complexity index is 1890. The zero-order chi connectivity index (χ0) is 33.5. The van der Waals surface area contributed by atoms with Gasteiger partial charge in [0.2, 0.25) is 0 Å². The number of aryl methyl sites for hydroxylation is 2. The average Bonchev–Trinajstić information content (AvgIpc) is 3.98. The Hall–Kier alpha value is -3.00. The smallest absolute Gasteiger partial charge is 0.180 e. The third-order valence-electron chi connectivity index (χ3n) is 8.42. The SMILES string of the molecule is c1cc(CCCCSc2ccsc2-c2scc3c2OCCO3)cc(-c2cc(CCCCSc3ccsc3-c3scc4c3OCCO4)ccn2)n1. The molecular weight excluding hydrogens is 741 g/mol. The number of thioether (sulfide) groups is 2. The first-order chi connectivity index (χ1) is 24.8. The van der Waals surface area contributed by atoms with E-state index in [4.69, 9.17) is 18.9 Å². The summed E-state index contributed by atoms with van der Waals surface area (Å²) in [5, 5.41) is 8.50. The maximum Gasteiger partial charge on any atom is 0.180 e. The van der Waals surface area contributed by atoms with Gasteiger partial charge in [-0.05, 0) is 108 Å². The van der Waals surface area contributed by atoms with Crippen LogP contribution in [0.15, 0.2) is 80.1 Å². The summed E-state index contributed by atoms with van der Waals surface area (Å²) in [6.07, 6.45) is 10.5. The Kier molecular flexibility index (Phi) is 11.3. The number of pyridine rings is 2. The van der Waals surface area contributed by atoms with Crippen molar-refractivity contribution in [1.82, 2.24) is 9.97 Å².